The van der Waals surface area contributed by atoms with Gasteiger partial charge in [-0.25, -0.2) is 0 Å². The molecule has 0 saturated carbocycles. The van der Waals surface area contributed by atoms with Crippen molar-refractivity contribution in [3.63, 3.8) is 0 Å². The minimum atomic E-state index is -0.412. The fourth-order valence-electron chi connectivity index (χ4n) is 2.41. The van der Waals surface area contributed by atoms with Gasteiger partial charge in [0.05, 0.1) is 17.7 Å². The predicted octanol–water partition coefficient (Wildman–Crippen LogP) is 3.25. The van der Waals surface area contributed by atoms with Gasteiger partial charge in [-0.3, -0.25) is 4.79 Å². The second kappa shape index (κ2) is 10.3. The molecule has 2 rings (SSSR count). The molecule has 1 amide bonds. The predicted molar refractivity (Wildman–Crippen MR) is 109 cm³/mol. The lowest BCUT2D eigenvalue weighted by Gasteiger charge is -2.15. The van der Waals surface area contributed by atoms with Crippen molar-refractivity contribution in [3.05, 3.63) is 52.0 Å². The van der Waals surface area contributed by atoms with Crippen LogP contribution in [0.25, 0.3) is 0 Å². The Labute approximate surface area is 168 Å². The lowest BCUT2D eigenvalue weighted by Crippen LogP contribution is -2.24. The molecule has 146 valence electrons. The molecule has 0 radical (unpaired) electrons. The largest absolute Gasteiger partial charge is 0.493 e. The molecule has 0 bridgehead atoms. The van der Waals surface area contributed by atoms with Crippen LogP contribution in [0.15, 0.2) is 40.9 Å². The topological polar surface area (TPSA) is 79.8 Å². The highest BCUT2D eigenvalue weighted by molar-refractivity contribution is 9.10. The molecule has 0 fully saturated rings. The van der Waals surface area contributed by atoms with Gasteiger partial charge < -0.3 is 25.2 Å². The Kier molecular flexibility index (Phi) is 8.09. The number of hydrogen-bond donors (Lipinski definition) is 3. The molecule has 3 N–H and O–H groups in total. The summed E-state index contributed by atoms with van der Waals surface area (Å²) in [5.41, 5.74) is 2.82. The van der Waals surface area contributed by atoms with E-state index in [9.17, 15) is 9.90 Å². The number of nitrogens with one attached hydrogen (secondary N) is 2. The average molecular weight is 437 g/mol. The highest BCUT2D eigenvalue weighted by Crippen LogP contribution is 2.36. The van der Waals surface area contributed by atoms with E-state index in [-0.39, 0.29) is 12.5 Å². The van der Waals surface area contributed by atoms with Gasteiger partial charge in [0.1, 0.15) is 0 Å². The molecule has 1 atom stereocenters. The molecular formula is C20H25BrN2O4. The maximum absolute atomic E-state index is 12.1. The van der Waals surface area contributed by atoms with Gasteiger partial charge in [-0.15, -0.1) is 0 Å². The molecule has 27 heavy (non-hydrogen) atoms. The van der Waals surface area contributed by atoms with Crippen LogP contribution in [0.5, 0.6) is 11.5 Å². The van der Waals surface area contributed by atoms with Gasteiger partial charge in [0, 0.05) is 18.8 Å². The third-order valence-corrected chi connectivity index (χ3v) is 4.33. The number of anilines is 1. The van der Waals surface area contributed by atoms with E-state index in [2.05, 4.69) is 26.6 Å². The minimum absolute atomic E-state index is 0.136. The number of benzene rings is 2. The fraction of sp³-hybridized carbons (Fsp3) is 0.350. The Morgan fingerprint density at radius 2 is 1.96 bits per heavy atom. The fourth-order valence-corrected chi connectivity index (χ4v) is 3.02. The summed E-state index contributed by atoms with van der Waals surface area (Å²) in [6, 6.07) is 11.3. The number of rotatable bonds is 9. The van der Waals surface area contributed by atoms with Crippen LogP contribution in [0.2, 0.25) is 0 Å². The maximum atomic E-state index is 12.1. The molecule has 0 heterocycles. The van der Waals surface area contributed by atoms with Crippen LogP contribution < -0.4 is 20.1 Å². The quantitative estimate of drug-likeness (QED) is 0.562. The van der Waals surface area contributed by atoms with Gasteiger partial charge in [-0.2, -0.15) is 0 Å². The molecule has 0 aliphatic heterocycles. The zero-order valence-corrected chi connectivity index (χ0v) is 17.3. The summed E-state index contributed by atoms with van der Waals surface area (Å²) in [6.07, 6.45) is -0.412. The number of aliphatic hydroxyl groups is 1. The van der Waals surface area contributed by atoms with Crippen molar-refractivity contribution in [1.29, 1.82) is 0 Å². The number of carbonyl (C=O) groups is 1. The third kappa shape index (κ3) is 6.86. The van der Waals surface area contributed by atoms with Crippen LogP contribution in [0.4, 0.5) is 5.69 Å². The first-order valence-corrected chi connectivity index (χ1v) is 9.43. The van der Waals surface area contributed by atoms with Gasteiger partial charge in [-0.05, 0) is 59.6 Å². The van der Waals surface area contributed by atoms with E-state index in [4.69, 9.17) is 9.47 Å². The molecule has 2 aromatic carbocycles. The Morgan fingerprint density at radius 1 is 1.26 bits per heavy atom. The summed E-state index contributed by atoms with van der Waals surface area (Å²) in [6.45, 7) is 4.65. The summed E-state index contributed by atoms with van der Waals surface area (Å²) in [5.74, 6) is 0.743. The van der Waals surface area contributed by atoms with Gasteiger partial charge >= 0.3 is 0 Å². The highest BCUT2D eigenvalue weighted by atomic mass is 79.9. The zero-order valence-electron chi connectivity index (χ0n) is 15.7. The number of methoxy groups -OCH3 is 1. The van der Waals surface area contributed by atoms with Crippen LogP contribution >= 0.6 is 15.9 Å². The van der Waals surface area contributed by atoms with E-state index in [0.717, 1.165) is 16.8 Å². The molecule has 0 aromatic heterocycles. The number of aliphatic hydroxyl groups excluding tert-OH is 1. The number of hydrogen-bond acceptors (Lipinski definition) is 5. The van der Waals surface area contributed by atoms with Crippen molar-refractivity contribution < 1.29 is 19.4 Å². The van der Waals surface area contributed by atoms with E-state index in [1.165, 1.54) is 0 Å². The average Bonchev–Trinajstić information content (AvgIpc) is 2.62. The van der Waals surface area contributed by atoms with Crippen LogP contribution in [0, 0.1) is 6.92 Å². The van der Waals surface area contributed by atoms with Crippen molar-refractivity contribution in [2.75, 3.05) is 25.6 Å². The van der Waals surface area contributed by atoms with Gasteiger partial charge in [0.2, 0.25) is 0 Å². The van der Waals surface area contributed by atoms with E-state index in [1.54, 1.807) is 14.0 Å². The number of carbonyl (C=O) groups excluding carboxylic acids is 1. The second-order valence-corrected chi connectivity index (χ2v) is 7.15. The summed E-state index contributed by atoms with van der Waals surface area (Å²) >= 11 is 3.47. The Hall–Kier alpha value is -2.09. The zero-order chi connectivity index (χ0) is 19.8. The molecule has 6 nitrogen and oxygen atoms in total. The van der Waals surface area contributed by atoms with Crippen molar-refractivity contribution in [3.8, 4) is 11.5 Å². The maximum Gasteiger partial charge on any atom is 0.262 e. The first-order chi connectivity index (χ1) is 12.9. The molecule has 7 heteroatoms. The monoisotopic (exact) mass is 436 g/mol. The standard InChI is InChI=1S/C20H25BrN2O4/c1-13-4-6-16(7-5-13)23-19(25)12-27-20-17(21)8-15(9-18(20)26-3)11-22-10-14(2)24/h4-9,14,22,24H,10-12H2,1-3H3,(H,23,25). The molecule has 1 unspecified atom stereocenters. The number of amides is 1. The van der Waals surface area contributed by atoms with Crippen molar-refractivity contribution in [1.82, 2.24) is 5.32 Å². The van der Waals surface area contributed by atoms with Crippen LogP contribution in [-0.2, 0) is 11.3 Å². The van der Waals surface area contributed by atoms with Gasteiger partial charge in [0.25, 0.3) is 5.91 Å². The summed E-state index contributed by atoms with van der Waals surface area (Å²) in [5, 5.41) is 15.3. The van der Waals surface area contributed by atoms with Gasteiger partial charge in [0.15, 0.2) is 18.1 Å². The van der Waals surface area contributed by atoms with Crippen LogP contribution in [-0.4, -0.2) is 37.4 Å². The number of ether oxygens (including phenoxy) is 2. The molecule has 0 saturated heterocycles. The highest BCUT2D eigenvalue weighted by Gasteiger charge is 2.14. The van der Waals surface area contributed by atoms with E-state index >= 15 is 0 Å². The molecule has 2 aromatic rings. The lowest BCUT2D eigenvalue weighted by molar-refractivity contribution is -0.118. The summed E-state index contributed by atoms with van der Waals surface area (Å²) in [7, 11) is 1.55. The van der Waals surface area contributed by atoms with Gasteiger partial charge in [-0.1, -0.05) is 17.7 Å². The Balaban J connectivity index is 1.98. The van der Waals surface area contributed by atoms with Crippen LogP contribution in [0.3, 0.4) is 0 Å². The lowest BCUT2D eigenvalue weighted by atomic mass is 10.2. The second-order valence-electron chi connectivity index (χ2n) is 6.29. The Morgan fingerprint density at radius 3 is 2.59 bits per heavy atom. The molecule has 0 aliphatic carbocycles. The first kappa shape index (κ1) is 21.2. The third-order valence-electron chi connectivity index (χ3n) is 3.74. The van der Waals surface area contributed by atoms with Crippen molar-refractivity contribution >= 4 is 27.5 Å². The number of halogens is 1. The van der Waals surface area contributed by atoms with E-state index in [0.29, 0.717) is 29.1 Å². The van der Waals surface area contributed by atoms with Crippen molar-refractivity contribution in [2.24, 2.45) is 0 Å². The van der Waals surface area contributed by atoms with Crippen molar-refractivity contribution in [2.45, 2.75) is 26.5 Å². The van der Waals surface area contributed by atoms with E-state index < -0.39 is 6.10 Å². The normalized spacial score (nSPS) is 11.7. The molecule has 0 aliphatic rings. The molecular weight excluding hydrogens is 412 g/mol. The smallest absolute Gasteiger partial charge is 0.262 e. The molecule has 0 spiro atoms. The minimum Gasteiger partial charge on any atom is -0.493 e. The van der Waals surface area contributed by atoms with E-state index in [1.807, 2.05) is 43.3 Å². The summed E-state index contributed by atoms with van der Waals surface area (Å²) in [4.78, 5) is 12.1. The summed E-state index contributed by atoms with van der Waals surface area (Å²) < 4.78 is 11.8. The van der Waals surface area contributed by atoms with Crippen LogP contribution in [0.1, 0.15) is 18.1 Å². The first-order valence-electron chi connectivity index (χ1n) is 8.63. The Bertz CT molecular complexity index is 763. The number of aryl methyl sites for hydroxylation is 1. The SMILES string of the molecule is COc1cc(CNCC(C)O)cc(Br)c1OCC(=O)Nc1ccc(C)cc1.